The molecule has 0 fully saturated rings. The van der Waals surface area contributed by atoms with Gasteiger partial charge in [-0.15, -0.1) is 0 Å². The van der Waals surface area contributed by atoms with E-state index in [4.69, 9.17) is 33.8 Å². The highest BCUT2D eigenvalue weighted by molar-refractivity contribution is 6.35. The Kier molecular flexibility index (Phi) is 6.12. The molecule has 1 aromatic rings. The zero-order valence-corrected chi connectivity index (χ0v) is 13.2. The van der Waals surface area contributed by atoms with Crippen LogP contribution in [0.4, 0.5) is 0 Å². The molecule has 0 radical (unpaired) electrons. The molecule has 1 heterocycles. The van der Waals surface area contributed by atoms with Gasteiger partial charge in [-0.2, -0.15) is 0 Å². The van der Waals surface area contributed by atoms with Gasteiger partial charge in [-0.1, -0.05) is 23.2 Å². The van der Waals surface area contributed by atoms with Crippen molar-refractivity contribution in [2.24, 2.45) is 5.73 Å². The second-order valence-corrected chi connectivity index (χ2v) is 5.61. The van der Waals surface area contributed by atoms with Gasteiger partial charge in [-0.3, -0.25) is 14.6 Å². The number of rotatable bonds is 6. The number of allylic oxidation sites excluding steroid dienone is 1. The summed E-state index contributed by atoms with van der Waals surface area (Å²) in [5.41, 5.74) is 6.84. The molecule has 0 aromatic heterocycles. The van der Waals surface area contributed by atoms with Crippen LogP contribution in [0.5, 0.6) is 0 Å². The van der Waals surface area contributed by atoms with Crippen molar-refractivity contribution in [1.29, 1.82) is 0 Å². The first-order chi connectivity index (χ1) is 10.6. The monoisotopic (exact) mass is 342 g/mol. The molecular weight excluding hydrogens is 327 g/mol. The van der Waals surface area contributed by atoms with Crippen LogP contribution in [0.25, 0.3) is 0 Å². The van der Waals surface area contributed by atoms with Crippen LogP contribution in [0.1, 0.15) is 23.2 Å². The summed E-state index contributed by atoms with van der Waals surface area (Å²) in [7, 11) is 0. The van der Waals surface area contributed by atoms with Crippen LogP contribution in [0.2, 0.25) is 10.0 Å². The fraction of sp³-hybridized carbons (Fsp3) is 0.267. The minimum absolute atomic E-state index is 0.148. The molecule has 0 saturated heterocycles. The van der Waals surface area contributed by atoms with Crippen LogP contribution in [0, 0.1) is 0 Å². The molecule has 2 rings (SSSR count). The van der Waals surface area contributed by atoms with Gasteiger partial charge in [0.25, 0.3) is 5.91 Å². The van der Waals surface area contributed by atoms with Crippen molar-refractivity contribution >= 4 is 29.1 Å². The van der Waals surface area contributed by atoms with E-state index in [1.807, 2.05) is 0 Å². The Morgan fingerprint density at radius 2 is 2.14 bits per heavy atom. The molecule has 1 amide bonds. The predicted octanol–water partition coefficient (Wildman–Crippen LogP) is 3.19. The van der Waals surface area contributed by atoms with Gasteiger partial charge >= 0.3 is 0 Å². The van der Waals surface area contributed by atoms with Crippen molar-refractivity contribution in [1.82, 2.24) is 5.32 Å². The minimum Gasteiger partial charge on any atom is -0.349 e. The lowest BCUT2D eigenvalue weighted by Crippen LogP contribution is -2.36. The fourth-order valence-electron chi connectivity index (χ4n) is 2.04. The first kappa shape index (κ1) is 16.7. The molecule has 22 heavy (non-hydrogen) atoms. The molecule has 1 aliphatic heterocycles. The van der Waals surface area contributed by atoms with Crippen molar-refractivity contribution in [3.63, 3.8) is 0 Å². The van der Waals surface area contributed by atoms with E-state index in [-0.39, 0.29) is 11.9 Å². The molecule has 5 nitrogen and oxygen atoms in total. The van der Waals surface area contributed by atoms with Crippen LogP contribution < -0.4 is 11.1 Å². The zero-order chi connectivity index (χ0) is 15.9. The maximum absolute atomic E-state index is 12.4. The van der Waals surface area contributed by atoms with Crippen molar-refractivity contribution in [2.75, 3.05) is 6.54 Å². The van der Waals surface area contributed by atoms with E-state index >= 15 is 0 Å². The van der Waals surface area contributed by atoms with Crippen LogP contribution in [0.3, 0.4) is 0 Å². The Morgan fingerprint density at radius 1 is 1.32 bits per heavy atom. The fourth-order valence-corrected chi connectivity index (χ4v) is 2.41. The SMILES string of the molecule is NCC[C@H](CC1=COOC=C1)NC(=O)c1cc(Cl)ccc1Cl. The molecule has 1 aliphatic rings. The molecule has 3 N–H and O–H groups in total. The van der Waals surface area contributed by atoms with E-state index in [9.17, 15) is 4.79 Å². The quantitative estimate of drug-likeness (QED) is 0.778. The van der Waals surface area contributed by atoms with E-state index in [0.29, 0.717) is 35.0 Å². The number of amides is 1. The summed E-state index contributed by atoms with van der Waals surface area (Å²) >= 11 is 11.9. The third-order valence-electron chi connectivity index (χ3n) is 3.10. The molecule has 7 heteroatoms. The number of carbonyl (C=O) groups is 1. The second kappa shape index (κ2) is 8.08. The van der Waals surface area contributed by atoms with Gasteiger partial charge in [0, 0.05) is 11.1 Å². The minimum atomic E-state index is -0.288. The average molecular weight is 343 g/mol. The van der Waals surface area contributed by atoms with Crippen molar-refractivity contribution < 1.29 is 14.6 Å². The maximum atomic E-state index is 12.4. The number of benzene rings is 1. The predicted molar refractivity (Wildman–Crippen MR) is 85.4 cm³/mol. The van der Waals surface area contributed by atoms with Gasteiger partial charge in [0.15, 0.2) is 0 Å². The van der Waals surface area contributed by atoms with Crippen LogP contribution in [0.15, 0.2) is 42.4 Å². The summed E-state index contributed by atoms with van der Waals surface area (Å²) in [6.45, 7) is 0.447. The third-order valence-corrected chi connectivity index (χ3v) is 3.66. The number of halogens is 2. The second-order valence-electron chi connectivity index (χ2n) is 4.76. The smallest absolute Gasteiger partial charge is 0.253 e. The number of hydrogen-bond donors (Lipinski definition) is 2. The summed E-state index contributed by atoms with van der Waals surface area (Å²) in [6, 6.07) is 4.61. The van der Waals surface area contributed by atoms with Crippen molar-refractivity contribution in [2.45, 2.75) is 18.9 Å². The van der Waals surface area contributed by atoms with E-state index in [0.717, 1.165) is 5.57 Å². The van der Waals surface area contributed by atoms with Gasteiger partial charge in [0.05, 0.1) is 10.6 Å². The van der Waals surface area contributed by atoms with E-state index in [2.05, 4.69) is 10.2 Å². The van der Waals surface area contributed by atoms with Gasteiger partial charge in [0.2, 0.25) is 0 Å². The summed E-state index contributed by atoms with van der Waals surface area (Å²) in [5, 5.41) is 3.72. The number of carbonyl (C=O) groups excluding carboxylic acids is 1. The van der Waals surface area contributed by atoms with Crippen molar-refractivity contribution in [3.05, 3.63) is 58.0 Å². The normalized spacial score (nSPS) is 14.6. The summed E-state index contributed by atoms with van der Waals surface area (Å²) in [5.74, 6) is -0.288. The Balaban J connectivity index is 2.06. The molecule has 0 saturated carbocycles. The lowest BCUT2D eigenvalue weighted by atomic mass is 10.0. The average Bonchev–Trinajstić information content (AvgIpc) is 2.51. The summed E-state index contributed by atoms with van der Waals surface area (Å²) in [4.78, 5) is 21.7. The largest absolute Gasteiger partial charge is 0.349 e. The lowest BCUT2D eigenvalue weighted by molar-refractivity contribution is -0.199. The molecule has 0 spiro atoms. The molecular formula is C15H16Cl2N2O3. The highest BCUT2D eigenvalue weighted by Gasteiger charge is 2.17. The maximum Gasteiger partial charge on any atom is 0.253 e. The number of hydrogen-bond acceptors (Lipinski definition) is 4. The van der Waals surface area contributed by atoms with Crippen LogP contribution in [-0.4, -0.2) is 18.5 Å². The van der Waals surface area contributed by atoms with Gasteiger partial charge in [-0.05, 0) is 49.2 Å². The van der Waals surface area contributed by atoms with E-state index < -0.39 is 0 Å². The summed E-state index contributed by atoms with van der Waals surface area (Å²) in [6.07, 6.45) is 5.88. The van der Waals surface area contributed by atoms with E-state index in [1.54, 1.807) is 18.2 Å². The molecule has 1 aromatic carbocycles. The third kappa shape index (κ3) is 4.66. The van der Waals surface area contributed by atoms with Gasteiger partial charge in [-0.25, -0.2) is 0 Å². The first-order valence-electron chi connectivity index (χ1n) is 6.74. The summed E-state index contributed by atoms with van der Waals surface area (Å²) < 4.78 is 0. The van der Waals surface area contributed by atoms with Crippen LogP contribution >= 0.6 is 23.2 Å². The molecule has 0 aliphatic carbocycles. The number of nitrogens with one attached hydrogen (secondary N) is 1. The zero-order valence-electron chi connectivity index (χ0n) is 11.7. The number of nitrogens with two attached hydrogens (primary N) is 1. The Labute approximate surface area is 138 Å². The van der Waals surface area contributed by atoms with Gasteiger partial charge in [0.1, 0.15) is 12.5 Å². The highest BCUT2D eigenvalue weighted by Crippen LogP contribution is 2.21. The molecule has 118 valence electrons. The topological polar surface area (TPSA) is 73.6 Å². The Bertz CT molecular complexity index is 602. The van der Waals surface area contributed by atoms with E-state index in [1.165, 1.54) is 18.6 Å². The Morgan fingerprint density at radius 3 is 2.82 bits per heavy atom. The van der Waals surface area contributed by atoms with Crippen molar-refractivity contribution in [3.8, 4) is 0 Å². The van der Waals surface area contributed by atoms with Crippen LogP contribution in [-0.2, 0) is 9.78 Å². The first-order valence-corrected chi connectivity index (χ1v) is 7.49. The lowest BCUT2D eigenvalue weighted by Gasteiger charge is -2.19. The van der Waals surface area contributed by atoms with Gasteiger partial charge < -0.3 is 11.1 Å². The molecule has 1 atom stereocenters. The molecule has 0 bridgehead atoms. The highest BCUT2D eigenvalue weighted by atomic mass is 35.5. The standard InChI is InChI=1S/C15H16Cl2N2O3/c16-11-1-2-14(17)13(8-11)15(20)19-12(3-5-18)7-10-4-6-21-22-9-10/h1-2,4,6,8-9,12H,3,5,7,18H2,(H,19,20)/t12-/m1/s1. The molecule has 0 unspecified atom stereocenters. The Hall–Kier alpha value is -1.69.